The van der Waals surface area contributed by atoms with Gasteiger partial charge in [-0.1, -0.05) is 66.7 Å². The van der Waals surface area contributed by atoms with Crippen molar-refractivity contribution in [3.05, 3.63) is 107 Å². The summed E-state index contributed by atoms with van der Waals surface area (Å²) in [7, 11) is 0. The average Bonchev–Trinajstić information content (AvgIpc) is 2.92. The molecule has 3 aromatic carbocycles. The van der Waals surface area contributed by atoms with Crippen LogP contribution in [0, 0.1) is 0 Å². The lowest BCUT2D eigenvalue weighted by atomic mass is 9.93. The number of likely N-dealkylation sites (tertiary alicyclic amines) is 1. The minimum absolute atomic E-state index is 0.0847. The fraction of sp³-hybridized carbons (Fsp3) is 0.241. The van der Waals surface area contributed by atoms with Crippen molar-refractivity contribution < 1.29 is 19.5 Å². The average molecular weight is 484 g/mol. The molecule has 1 spiro atoms. The van der Waals surface area contributed by atoms with Gasteiger partial charge in [-0.3, -0.25) is 24.6 Å². The lowest BCUT2D eigenvalue weighted by Crippen LogP contribution is -2.62. The molecule has 2 aliphatic rings. The molecule has 7 nitrogen and oxygen atoms in total. The van der Waals surface area contributed by atoms with Crippen LogP contribution in [0.1, 0.15) is 39.9 Å². The van der Waals surface area contributed by atoms with Crippen LogP contribution in [0.2, 0.25) is 0 Å². The van der Waals surface area contributed by atoms with Crippen LogP contribution in [-0.2, 0) is 17.9 Å². The molecule has 2 N–H and O–H groups in total. The van der Waals surface area contributed by atoms with E-state index in [4.69, 9.17) is 9.94 Å². The third-order valence-corrected chi connectivity index (χ3v) is 6.88. The van der Waals surface area contributed by atoms with E-state index in [1.165, 1.54) is 11.6 Å². The molecule has 1 saturated heterocycles. The van der Waals surface area contributed by atoms with E-state index in [9.17, 15) is 9.59 Å². The highest BCUT2D eigenvalue weighted by molar-refractivity contribution is 5.99. The molecule has 36 heavy (non-hydrogen) atoms. The first-order valence-electron chi connectivity index (χ1n) is 12.1. The lowest BCUT2D eigenvalue weighted by molar-refractivity contribution is -0.124. The summed E-state index contributed by atoms with van der Waals surface area (Å²) in [6.07, 6.45) is 4.17. The highest BCUT2D eigenvalue weighted by atomic mass is 16.5. The molecular formula is C29H29N3O4. The van der Waals surface area contributed by atoms with Gasteiger partial charge in [0.25, 0.3) is 11.8 Å². The molecule has 3 aromatic rings. The summed E-state index contributed by atoms with van der Waals surface area (Å²) in [5, 5.41) is 8.73. The Morgan fingerprint density at radius 3 is 2.22 bits per heavy atom. The Morgan fingerprint density at radius 1 is 0.944 bits per heavy atom. The van der Waals surface area contributed by atoms with Gasteiger partial charge in [0.15, 0.2) is 5.72 Å². The van der Waals surface area contributed by atoms with Crippen LogP contribution in [0.5, 0.6) is 5.75 Å². The van der Waals surface area contributed by atoms with Crippen LogP contribution in [0.4, 0.5) is 0 Å². The molecule has 0 saturated carbocycles. The third-order valence-electron chi connectivity index (χ3n) is 6.88. The van der Waals surface area contributed by atoms with E-state index in [-0.39, 0.29) is 5.91 Å². The second-order valence-electron chi connectivity index (χ2n) is 9.25. The number of nitrogens with zero attached hydrogens (tertiary/aromatic N) is 2. The van der Waals surface area contributed by atoms with Gasteiger partial charge in [0.2, 0.25) is 0 Å². The highest BCUT2D eigenvalue weighted by Crippen LogP contribution is 2.41. The van der Waals surface area contributed by atoms with E-state index in [1.54, 1.807) is 29.8 Å². The first-order chi connectivity index (χ1) is 17.6. The molecule has 5 rings (SSSR count). The molecule has 0 aromatic heterocycles. The second-order valence-corrected chi connectivity index (χ2v) is 9.25. The summed E-state index contributed by atoms with van der Waals surface area (Å²) in [5.74, 6) is -0.162. The molecule has 184 valence electrons. The Hall–Kier alpha value is -3.94. The number of carbonyl (C=O) groups excluding carboxylic acids is 2. The van der Waals surface area contributed by atoms with Gasteiger partial charge in [0.1, 0.15) is 5.75 Å². The van der Waals surface area contributed by atoms with Crippen LogP contribution in [0.15, 0.2) is 84.9 Å². The van der Waals surface area contributed by atoms with Gasteiger partial charge < -0.3 is 4.74 Å². The van der Waals surface area contributed by atoms with Crippen molar-refractivity contribution in [3.63, 3.8) is 0 Å². The zero-order valence-electron chi connectivity index (χ0n) is 20.0. The van der Waals surface area contributed by atoms with E-state index in [1.807, 2.05) is 41.3 Å². The van der Waals surface area contributed by atoms with E-state index in [0.717, 1.165) is 25.2 Å². The quantitative estimate of drug-likeness (QED) is 0.312. The largest absolute Gasteiger partial charge is 0.467 e. The maximum atomic E-state index is 13.9. The van der Waals surface area contributed by atoms with E-state index >= 15 is 0 Å². The predicted molar refractivity (Wildman–Crippen MR) is 136 cm³/mol. The number of amides is 2. The molecule has 0 radical (unpaired) electrons. The number of rotatable bonds is 6. The zero-order valence-corrected chi connectivity index (χ0v) is 20.0. The van der Waals surface area contributed by atoms with E-state index < -0.39 is 11.6 Å². The number of piperidine rings is 1. The van der Waals surface area contributed by atoms with E-state index in [0.29, 0.717) is 36.3 Å². The fourth-order valence-electron chi connectivity index (χ4n) is 4.96. The van der Waals surface area contributed by atoms with Crippen LogP contribution >= 0.6 is 0 Å². The van der Waals surface area contributed by atoms with Crippen molar-refractivity contribution in [2.24, 2.45) is 0 Å². The number of ether oxygens (including phenoxy) is 1. The van der Waals surface area contributed by atoms with Gasteiger partial charge in [-0.25, -0.2) is 5.48 Å². The first-order valence-corrected chi connectivity index (χ1v) is 12.1. The van der Waals surface area contributed by atoms with Gasteiger partial charge >= 0.3 is 0 Å². The van der Waals surface area contributed by atoms with Crippen molar-refractivity contribution in [1.82, 2.24) is 15.3 Å². The summed E-state index contributed by atoms with van der Waals surface area (Å²) in [4.78, 5) is 29.6. The van der Waals surface area contributed by atoms with Crippen LogP contribution in [0.3, 0.4) is 0 Å². The molecular weight excluding hydrogens is 454 g/mol. The zero-order chi connectivity index (χ0) is 25.0. The Labute approximate surface area is 210 Å². The highest BCUT2D eigenvalue weighted by Gasteiger charge is 2.48. The maximum Gasteiger partial charge on any atom is 0.267 e. The van der Waals surface area contributed by atoms with Crippen molar-refractivity contribution >= 4 is 17.9 Å². The van der Waals surface area contributed by atoms with Gasteiger partial charge in [0.05, 0.1) is 5.56 Å². The summed E-state index contributed by atoms with van der Waals surface area (Å²) < 4.78 is 6.65. The molecule has 2 heterocycles. The molecule has 7 heteroatoms. The number of fused-ring (bicyclic) bond motifs is 1. The van der Waals surface area contributed by atoms with Gasteiger partial charge in [-0.05, 0) is 34.9 Å². The topological polar surface area (TPSA) is 82.1 Å². The Kier molecular flexibility index (Phi) is 6.84. The third kappa shape index (κ3) is 5.03. The van der Waals surface area contributed by atoms with Crippen molar-refractivity contribution in [2.45, 2.75) is 31.7 Å². The first kappa shape index (κ1) is 23.8. The number of nitrogens with one attached hydrogen (secondary N) is 1. The monoisotopic (exact) mass is 483 g/mol. The number of hydrogen-bond donors (Lipinski definition) is 2. The van der Waals surface area contributed by atoms with E-state index in [2.05, 4.69) is 29.2 Å². The normalized spacial score (nSPS) is 17.1. The number of benzene rings is 3. The molecule has 0 atom stereocenters. The van der Waals surface area contributed by atoms with Gasteiger partial charge in [-0.2, -0.15) is 0 Å². The van der Waals surface area contributed by atoms with Gasteiger partial charge in [0, 0.05) is 45.1 Å². The second kappa shape index (κ2) is 10.4. The van der Waals surface area contributed by atoms with Crippen molar-refractivity contribution in [3.8, 4) is 5.75 Å². The lowest BCUT2D eigenvalue weighted by Gasteiger charge is -2.51. The Balaban J connectivity index is 1.42. The molecule has 1 fully saturated rings. The van der Waals surface area contributed by atoms with Crippen LogP contribution < -0.4 is 10.2 Å². The Bertz CT molecular complexity index is 1250. The molecule has 0 unspecified atom stereocenters. The minimum atomic E-state index is -0.721. The molecule has 2 aliphatic heterocycles. The number of hydrogen-bond acceptors (Lipinski definition) is 5. The fourth-order valence-corrected chi connectivity index (χ4v) is 4.96. The summed E-state index contributed by atoms with van der Waals surface area (Å²) in [5.41, 5.74) is 4.30. The summed E-state index contributed by atoms with van der Waals surface area (Å²) in [6.45, 7) is 2.96. The standard InChI is InChI=1S/C29H29N3O4/c33-27(30-35)14-12-22-11-13-26-25(19-22)28(34)32(21-24-9-5-2-6-10-24)29(36-26)15-17-31(18-16-29)20-23-7-3-1-4-8-23/h1-14,19,35H,15-18,20-21H2,(H,30,33)/b14-12+. The molecule has 0 aliphatic carbocycles. The maximum absolute atomic E-state index is 13.9. The summed E-state index contributed by atoms with van der Waals surface area (Å²) >= 11 is 0. The van der Waals surface area contributed by atoms with Gasteiger partial charge in [-0.15, -0.1) is 0 Å². The number of hydroxylamine groups is 1. The SMILES string of the molecule is O=C(/C=C/c1ccc2c(c1)C(=O)N(Cc1ccccc1)C1(CCN(Cc3ccccc3)CC1)O2)NO. The molecule has 0 bridgehead atoms. The van der Waals surface area contributed by atoms with Crippen molar-refractivity contribution in [2.75, 3.05) is 13.1 Å². The predicted octanol–water partition coefficient (Wildman–Crippen LogP) is 4.23. The number of carbonyl (C=O) groups is 2. The Morgan fingerprint density at radius 2 is 1.58 bits per heavy atom. The minimum Gasteiger partial charge on any atom is -0.467 e. The van der Waals surface area contributed by atoms with Crippen LogP contribution in [-0.4, -0.2) is 45.6 Å². The molecule has 2 amide bonds. The smallest absolute Gasteiger partial charge is 0.267 e. The van der Waals surface area contributed by atoms with Crippen LogP contribution in [0.25, 0.3) is 6.08 Å². The van der Waals surface area contributed by atoms with Crippen molar-refractivity contribution in [1.29, 1.82) is 0 Å². The summed E-state index contributed by atoms with van der Waals surface area (Å²) in [6, 6.07) is 25.7.